The summed E-state index contributed by atoms with van der Waals surface area (Å²) in [5.41, 5.74) is 1.26. The molecule has 2 aliphatic rings. The van der Waals surface area contributed by atoms with Gasteiger partial charge in [-0.05, 0) is 24.3 Å². The van der Waals surface area contributed by atoms with Crippen LogP contribution in [0.2, 0.25) is 0 Å². The fraction of sp³-hybridized carbons (Fsp3) is 0.364. The van der Waals surface area contributed by atoms with Crippen LogP contribution in [0, 0.1) is 5.92 Å². The normalized spacial score (nSPS) is 19.0. The van der Waals surface area contributed by atoms with Crippen molar-refractivity contribution in [3.05, 3.63) is 36.4 Å². The molecule has 2 amide bonds. The van der Waals surface area contributed by atoms with Gasteiger partial charge in [0, 0.05) is 50.3 Å². The largest absolute Gasteiger partial charge is 0.493 e. The molecule has 2 heterocycles. The fourth-order valence-corrected chi connectivity index (χ4v) is 3.67. The van der Waals surface area contributed by atoms with Crippen molar-refractivity contribution < 1.29 is 28.5 Å². The lowest BCUT2D eigenvalue weighted by molar-refractivity contribution is -0.122. The third-order valence-corrected chi connectivity index (χ3v) is 5.10. The summed E-state index contributed by atoms with van der Waals surface area (Å²) in [6.45, 7) is 3.92. The molecule has 8 nitrogen and oxygen atoms in total. The van der Waals surface area contributed by atoms with Crippen LogP contribution in [0.3, 0.4) is 0 Å². The number of nitrogens with zero attached hydrogens (tertiary/aromatic N) is 1. The van der Waals surface area contributed by atoms with Gasteiger partial charge in [0.15, 0.2) is 23.0 Å². The zero-order valence-electron chi connectivity index (χ0n) is 17.4. The van der Waals surface area contributed by atoms with Gasteiger partial charge in [-0.3, -0.25) is 9.59 Å². The van der Waals surface area contributed by atoms with Gasteiger partial charge in [0.05, 0.1) is 20.1 Å². The van der Waals surface area contributed by atoms with Crippen molar-refractivity contribution in [2.75, 3.05) is 31.0 Å². The molecule has 0 bridgehead atoms. The fourth-order valence-electron chi connectivity index (χ4n) is 3.67. The van der Waals surface area contributed by atoms with E-state index in [0.29, 0.717) is 34.4 Å². The van der Waals surface area contributed by atoms with Crippen LogP contribution < -0.4 is 29.2 Å². The van der Waals surface area contributed by atoms with Crippen LogP contribution in [-0.4, -0.2) is 38.4 Å². The van der Waals surface area contributed by atoms with Crippen LogP contribution >= 0.6 is 0 Å². The zero-order valence-corrected chi connectivity index (χ0v) is 17.4. The molecule has 2 aliphatic heterocycles. The second kappa shape index (κ2) is 7.44. The lowest BCUT2D eigenvalue weighted by Gasteiger charge is -2.18. The van der Waals surface area contributed by atoms with E-state index in [4.69, 9.17) is 18.9 Å². The number of fused-ring (bicyclic) bond motifs is 1. The summed E-state index contributed by atoms with van der Waals surface area (Å²) in [5, 5.41) is 2.88. The highest BCUT2D eigenvalue weighted by molar-refractivity contribution is 6.03. The standard InChI is InChI=1S/C22H24N2O6/c1-22(2)29-17-7-5-14(10-19(17)30-22)23-21(26)13-9-20(25)24(12-13)15-6-8-16(27-3)18(11-15)28-4/h5-8,10-11,13H,9,12H2,1-4H3,(H,23,26). The summed E-state index contributed by atoms with van der Waals surface area (Å²) < 4.78 is 21.9. The highest BCUT2D eigenvalue weighted by Gasteiger charge is 2.36. The molecule has 0 saturated carbocycles. The topological polar surface area (TPSA) is 86.3 Å². The summed E-state index contributed by atoms with van der Waals surface area (Å²) in [7, 11) is 3.09. The van der Waals surface area contributed by atoms with Crippen molar-refractivity contribution >= 4 is 23.2 Å². The summed E-state index contributed by atoms with van der Waals surface area (Å²) in [6, 6.07) is 10.5. The summed E-state index contributed by atoms with van der Waals surface area (Å²) in [6.07, 6.45) is 0.137. The van der Waals surface area contributed by atoms with E-state index in [1.165, 1.54) is 7.11 Å². The second-order valence-corrected chi connectivity index (χ2v) is 7.70. The third kappa shape index (κ3) is 3.72. The maximum atomic E-state index is 12.8. The number of nitrogens with one attached hydrogen (secondary N) is 1. The predicted octanol–water partition coefficient (Wildman–Crippen LogP) is 3.20. The number of amides is 2. The average Bonchev–Trinajstić information content (AvgIpc) is 3.25. The molecule has 0 radical (unpaired) electrons. The SMILES string of the molecule is COc1ccc(N2CC(C(=O)Nc3ccc4c(c3)OC(C)(C)O4)CC2=O)cc1OC. The number of hydrogen-bond acceptors (Lipinski definition) is 6. The number of ether oxygens (including phenoxy) is 4. The molecule has 158 valence electrons. The first-order valence-corrected chi connectivity index (χ1v) is 9.65. The Hall–Kier alpha value is -3.42. The van der Waals surface area contributed by atoms with Crippen LogP contribution in [-0.2, 0) is 9.59 Å². The number of anilines is 2. The van der Waals surface area contributed by atoms with E-state index in [0.717, 1.165) is 0 Å². The predicted molar refractivity (Wildman–Crippen MR) is 110 cm³/mol. The lowest BCUT2D eigenvalue weighted by atomic mass is 10.1. The Morgan fingerprint density at radius 2 is 1.80 bits per heavy atom. The van der Waals surface area contributed by atoms with Gasteiger partial charge in [0.2, 0.25) is 17.6 Å². The number of carbonyl (C=O) groups is 2. The Morgan fingerprint density at radius 3 is 2.53 bits per heavy atom. The lowest BCUT2D eigenvalue weighted by Crippen LogP contribution is -2.29. The molecule has 2 aromatic carbocycles. The molecule has 1 atom stereocenters. The van der Waals surface area contributed by atoms with Crippen LogP contribution in [0.1, 0.15) is 20.3 Å². The number of rotatable bonds is 5. The van der Waals surface area contributed by atoms with Gasteiger partial charge in [0.25, 0.3) is 0 Å². The Morgan fingerprint density at radius 1 is 1.07 bits per heavy atom. The molecule has 0 aliphatic carbocycles. The van der Waals surface area contributed by atoms with E-state index < -0.39 is 11.7 Å². The molecule has 4 rings (SSSR count). The zero-order chi connectivity index (χ0) is 21.5. The Kier molecular flexibility index (Phi) is 4.93. The highest BCUT2D eigenvalue weighted by atomic mass is 16.7. The van der Waals surface area contributed by atoms with Crippen LogP contribution in [0.25, 0.3) is 0 Å². The molecule has 8 heteroatoms. The molecular formula is C22H24N2O6. The second-order valence-electron chi connectivity index (χ2n) is 7.70. The number of methoxy groups -OCH3 is 2. The first-order chi connectivity index (χ1) is 14.3. The van der Waals surface area contributed by atoms with Crippen LogP contribution in [0.4, 0.5) is 11.4 Å². The van der Waals surface area contributed by atoms with E-state index in [2.05, 4.69) is 5.32 Å². The highest BCUT2D eigenvalue weighted by Crippen LogP contribution is 2.41. The minimum atomic E-state index is -0.733. The maximum Gasteiger partial charge on any atom is 0.246 e. The monoisotopic (exact) mass is 412 g/mol. The van der Waals surface area contributed by atoms with Gasteiger partial charge in [-0.15, -0.1) is 0 Å². The first kappa shape index (κ1) is 19.9. The molecule has 1 fully saturated rings. The molecule has 1 saturated heterocycles. The number of benzene rings is 2. The Labute approximate surface area is 174 Å². The molecule has 2 aromatic rings. The van der Waals surface area contributed by atoms with Gasteiger partial charge < -0.3 is 29.2 Å². The number of hydrogen-bond donors (Lipinski definition) is 1. The van der Waals surface area contributed by atoms with E-state index in [1.807, 2.05) is 13.8 Å². The molecule has 1 unspecified atom stereocenters. The Balaban J connectivity index is 1.45. The van der Waals surface area contributed by atoms with E-state index in [-0.39, 0.29) is 24.8 Å². The summed E-state index contributed by atoms with van der Waals surface area (Å²) in [5.74, 6) is 0.780. The molecule has 0 aromatic heterocycles. The van der Waals surface area contributed by atoms with E-state index >= 15 is 0 Å². The Bertz CT molecular complexity index is 1000. The quantitative estimate of drug-likeness (QED) is 0.812. The summed E-state index contributed by atoms with van der Waals surface area (Å²) in [4.78, 5) is 26.9. The van der Waals surface area contributed by atoms with Crippen molar-refractivity contribution in [2.45, 2.75) is 26.1 Å². The van der Waals surface area contributed by atoms with Gasteiger partial charge in [-0.25, -0.2) is 0 Å². The average molecular weight is 412 g/mol. The smallest absolute Gasteiger partial charge is 0.246 e. The minimum Gasteiger partial charge on any atom is -0.493 e. The molecule has 1 N–H and O–H groups in total. The van der Waals surface area contributed by atoms with Crippen molar-refractivity contribution in [1.29, 1.82) is 0 Å². The van der Waals surface area contributed by atoms with Crippen LogP contribution in [0.5, 0.6) is 23.0 Å². The number of carbonyl (C=O) groups excluding carboxylic acids is 2. The van der Waals surface area contributed by atoms with Crippen molar-refractivity contribution in [1.82, 2.24) is 0 Å². The van der Waals surface area contributed by atoms with Crippen molar-refractivity contribution in [3.63, 3.8) is 0 Å². The maximum absolute atomic E-state index is 12.8. The van der Waals surface area contributed by atoms with Crippen molar-refractivity contribution in [3.8, 4) is 23.0 Å². The van der Waals surface area contributed by atoms with Crippen molar-refractivity contribution in [2.24, 2.45) is 5.92 Å². The van der Waals surface area contributed by atoms with Gasteiger partial charge in [-0.2, -0.15) is 0 Å². The van der Waals surface area contributed by atoms with E-state index in [9.17, 15) is 9.59 Å². The molecule has 30 heavy (non-hydrogen) atoms. The van der Waals surface area contributed by atoms with Gasteiger partial charge in [0.1, 0.15) is 0 Å². The minimum absolute atomic E-state index is 0.116. The molecule has 0 spiro atoms. The summed E-state index contributed by atoms with van der Waals surface area (Å²) >= 11 is 0. The molecular weight excluding hydrogens is 388 g/mol. The van der Waals surface area contributed by atoms with Gasteiger partial charge in [-0.1, -0.05) is 0 Å². The van der Waals surface area contributed by atoms with Crippen LogP contribution in [0.15, 0.2) is 36.4 Å². The van der Waals surface area contributed by atoms with Gasteiger partial charge >= 0.3 is 0 Å². The first-order valence-electron chi connectivity index (χ1n) is 9.65. The van der Waals surface area contributed by atoms with E-state index in [1.54, 1.807) is 48.4 Å². The third-order valence-electron chi connectivity index (χ3n) is 5.10.